The quantitative estimate of drug-likeness (QED) is 0.390. The fraction of sp³-hybridized carbons (Fsp3) is 0.318. The van der Waals surface area contributed by atoms with Crippen molar-refractivity contribution in [3.63, 3.8) is 0 Å². The highest BCUT2D eigenvalue weighted by Gasteiger charge is 2.34. The number of urea groups is 1. The van der Waals surface area contributed by atoms with E-state index < -0.39 is 17.9 Å². The monoisotopic (exact) mass is 428 g/mol. The highest BCUT2D eigenvalue weighted by atomic mass is 16.5. The number of carbonyl (C=O) groups is 3. The maximum Gasteiger partial charge on any atom is 0.373 e. The molecule has 0 saturated carbocycles. The smallest absolute Gasteiger partial charge is 0.373 e. The summed E-state index contributed by atoms with van der Waals surface area (Å²) in [6, 6.07) is 7.59. The Hall–Kier alpha value is -3.75. The van der Waals surface area contributed by atoms with Crippen LogP contribution in [0.1, 0.15) is 42.1 Å². The molecule has 0 bridgehead atoms. The predicted molar refractivity (Wildman–Crippen MR) is 110 cm³/mol. The maximum absolute atomic E-state index is 12.7. The molecule has 1 fully saturated rings. The van der Waals surface area contributed by atoms with Gasteiger partial charge in [0, 0.05) is 0 Å². The van der Waals surface area contributed by atoms with Gasteiger partial charge in [0.1, 0.15) is 11.5 Å². The highest BCUT2D eigenvalue weighted by Crippen LogP contribution is 2.30. The Kier molecular flexibility index (Phi) is 6.64. The first kappa shape index (κ1) is 21.9. The van der Waals surface area contributed by atoms with Crippen LogP contribution in [0.2, 0.25) is 0 Å². The third-order valence-electron chi connectivity index (χ3n) is 4.73. The lowest BCUT2D eigenvalue weighted by Crippen LogP contribution is -2.30. The molecule has 31 heavy (non-hydrogen) atoms. The fourth-order valence-corrected chi connectivity index (χ4v) is 2.88. The van der Waals surface area contributed by atoms with Gasteiger partial charge in [0.05, 0.1) is 26.9 Å². The lowest BCUT2D eigenvalue weighted by molar-refractivity contribution is -0.123. The van der Waals surface area contributed by atoms with Crippen LogP contribution in [-0.2, 0) is 16.1 Å². The van der Waals surface area contributed by atoms with Crippen molar-refractivity contribution < 1.29 is 33.0 Å². The third kappa shape index (κ3) is 4.88. The summed E-state index contributed by atoms with van der Waals surface area (Å²) in [6.45, 7) is 3.86. The molecule has 1 unspecified atom stereocenters. The number of esters is 1. The van der Waals surface area contributed by atoms with Gasteiger partial charge in [0.2, 0.25) is 5.76 Å². The molecule has 1 aromatic heterocycles. The Morgan fingerprint density at radius 1 is 1.19 bits per heavy atom. The molecule has 164 valence electrons. The van der Waals surface area contributed by atoms with E-state index in [0.717, 1.165) is 11.3 Å². The van der Waals surface area contributed by atoms with Gasteiger partial charge in [-0.1, -0.05) is 13.0 Å². The second kappa shape index (κ2) is 9.38. The van der Waals surface area contributed by atoms with Crippen molar-refractivity contribution in [1.29, 1.82) is 0 Å². The topological polar surface area (TPSA) is 107 Å². The van der Waals surface area contributed by atoms with Gasteiger partial charge in [-0.25, -0.2) is 9.59 Å². The van der Waals surface area contributed by atoms with Gasteiger partial charge in [-0.15, -0.1) is 0 Å². The van der Waals surface area contributed by atoms with Crippen molar-refractivity contribution in [1.82, 2.24) is 10.2 Å². The van der Waals surface area contributed by atoms with Gasteiger partial charge < -0.3 is 23.9 Å². The molecule has 9 heteroatoms. The SMILES string of the molecule is CCC(C)Oc1ccc(C=C2NC(=O)N(Cc3ccc(C(=O)OC)o3)C2=O)cc1OC. The van der Waals surface area contributed by atoms with Crippen molar-refractivity contribution in [2.45, 2.75) is 32.9 Å². The van der Waals surface area contributed by atoms with Crippen LogP contribution in [0.25, 0.3) is 6.08 Å². The number of benzene rings is 1. The Morgan fingerprint density at radius 2 is 1.97 bits per heavy atom. The van der Waals surface area contributed by atoms with Crippen molar-refractivity contribution in [2.75, 3.05) is 14.2 Å². The fourth-order valence-electron chi connectivity index (χ4n) is 2.88. The molecule has 9 nitrogen and oxygen atoms in total. The largest absolute Gasteiger partial charge is 0.493 e. The molecule has 1 aliphatic heterocycles. The Labute approximate surface area is 179 Å². The lowest BCUT2D eigenvalue weighted by Gasteiger charge is -2.15. The predicted octanol–water partition coefficient (Wildman–Crippen LogP) is 3.35. The zero-order valence-electron chi connectivity index (χ0n) is 17.8. The van der Waals surface area contributed by atoms with E-state index in [1.807, 2.05) is 13.8 Å². The molecule has 1 saturated heterocycles. The van der Waals surface area contributed by atoms with Gasteiger partial charge in [0.25, 0.3) is 5.91 Å². The minimum absolute atomic E-state index is 0.00730. The van der Waals surface area contributed by atoms with E-state index >= 15 is 0 Å². The average molecular weight is 428 g/mol. The summed E-state index contributed by atoms with van der Waals surface area (Å²) in [5.74, 6) is 0.236. The van der Waals surface area contributed by atoms with Crippen LogP contribution in [0.3, 0.4) is 0 Å². The molecular formula is C22H24N2O7. The first-order chi connectivity index (χ1) is 14.9. The van der Waals surface area contributed by atoms with Crippen LogP contribution >= 0.6 is 0 Å². The number of carbonyl (C=O) groups excluding carboxylic acids is 3. The zero-order valence-corrected chi connectivity index (χ0v) is 17.8. The van der Waals surface area contributed by atoms with Gasteiger partial charge in [-0.05, 0) is 49.2 Å². The van der Waals surface area contributed by atoms with Crippen molar-refractivity contribution in [3.8, 4) is 11.5 Å². The summed E-state index contributed by atoms with van der Waals surface area (Å²) in [5.41, 5.74) is 0.771. The van der Waals surface area contributed by atoms with E-state index in [2.05, 4.69) is 10.1 Å². The summed E-state index contributed by atoms with van der Waals surface area (Å²) in [6.07, 6.45) is 2.43. The second-order valence-corrected chi connectivity index (χ2v) is 6.88. The third-order valence-corrected chi connectivity index (χ3v) is 4.73. The first-order valence-electron chi connectivity index (χ1n) is 9.72. The summed E-state index contributed by atoms with van der Waals surface area (Å²) in [4.78, 5) is 37.5. The first-order valence-corrected chi connectivity index (χ1v) is 9.72. The molecule has 1 atom stereocenters. The van der Waals surface area contributed by atoms with E-state index in [9.17, 15) is 14.4 Å². The molecule has 0 spiro atoms. The summed E-state index contributed by atoms with van der Waals surface area (Å²) in [7, 11) is 2.77. The average Bonchev–Trinajstić information content (AvgIpc) is 3.34. The Morgan fingerprint density at radius 3 is 2.65 bits per heavy atom. The van der Waals surface area contributed by atoms with Crippen LogP contribution in [0.4, 0.5) is 4.79 Å². The van der Waals surface area contributed by atoms with E-state index in [1.165, 1.54) is 26.4 Å². The zero-order chi connectivity index (χ0) is 22.5. The summed E-state index contributed by atoms with van der Waals surface area (Å²) in [5, 5.41) is 2.55. The standard InChI is InChI=1S/C22H24N2O7/c1-5-13(2)30-17-8-6-14(11-19(17)28-3)10-16-20(25)24(22(27)23-16)12-15-7-9-18(31-15)21(26)29-4/h6-11,13H,5,12H2,1-4H3,(H,23,27). The van der Waals surface area contributed by atoms with E-state index in [4.69, 9.17) is 13.9 Å². The van der Waals surface area contributed by atoms with E-state index in [-0.39, 0.29) is 29.9 Å². The minimum Gasteiger partial charge on any atom is -0.493 e. The number of hydrogen-bond donors (Lipinski definition) is 1. The second-order valence-electron chi connectivity index (χ2n) is 6.88. The Bertz CT molecular complexity index is 1020. The highest BCUT2D eigenvalue weighted by molar-refractivity contribution is 6.13. The molecule has 1 aliphatic rings. The number of ether oxygens (including phenoxy) is 3. The normalized spacial score (nSPS) is 15.7. The Balaban J connectivity index is 1.76. The van der Waals surface area contributed by atoms with E-state index in [1.54, 1.807) is 24.3 Å². The summed E-state index contributed by atoms with van der Waals surface area (Å²) >= 11 is 0. The maximum atomic E-state index is 12.7. The summed E-state index contributed by atoms with van der Waals surface area (Å²) < 4.78 is 21.1. The molecule has 2 aromatic rings. The lowest BCUT2D eigenvalue weighted by atomic mass is 10.1. The number of nitrogens with zero attached hydrogens (tertiary/aromatic N) is 1. The molecule has 2 heterocycles. The number of hydrogen-bond acceptors (Lipinski definition) is 7. The van der Waals surface area contributed by atoms with Gasteiger partial charge >= 0.3 is 12.0 Å². The van der Waals surface area contributed by atoms with E-state index in [0.29, 0.717) is 17.1 Å². The van der Waals surface area contributed by atoms with Crippen LogP contribution in [0.5, 0.6) is 11.5 Å². The molecule has 1 aromatic carbocycles. The molecule has 0 radical (unpaired) electrons. The van der Waals surface area contributed by atoms with Crippen LogP contribution in [0, 0.1) is 0 Å². The number of imide groups is 1. The van der Waals surface area contributed by atoms with Crippen LogP contribution in [0.15, 0.2) is 40.4 Å². The number of methoxy groups -OCH3 is 2. The van der Waals surface area contributed by atoms with Gasteiger partial charge in [0.15, 0.2) is 11.5 Å². The molecule has 1 N–H and O–H groups in total. The molecule has 3 amide bonds. The van der Waals surface area contributed by atoms with Gasteiger partial charge in [-0.3, -0.25) is 9.69 Å². The van der Waals surface area contributed by atoms with Crippen molar-refractivity contribution >= 4 is 24.0 Å². The van der Waals surface area contributed by atoms with Crippen molar-refractivity contribution in [3.05, 3.63) is 53.1 Å². The number of furan rings is 1. The molecular weight excluding hydrogens is 404 g/mol. The molecule has 3 rings (SSSR count). The number of amides is 3. The molecule has 0 aliphatic carbocycles. The number of nitrogens with one attached hydrogen (secondary N) is 1. The van der Waals surface area contributed by atoms with Crippen LogP contribution < -0.4 is 14.8 Å². The van der Waals surface area contributed by atoms with Gasteiger partial charge in [-0.2, -0.15) is 0 Å². The minimum atomic E-state index is -0.640. The van der Waals surface area contributed by atoms with Crippen LogP contribution in [-0.4, -0.2) is 43.1 Å². The van der Waals surface area contributed by atoms with Crippen molar-refractivity contribution in [2.24, 2.45) is 0 Å². The number of rotatable bonds is 8.